The molecule has 0 aliphatic carbocycles. The molecule has 0 bridgehead atoms. The van der Waals surface area contributed by atoms with Crippen LogP contribution in [0, 0.1) is 5.92 Å². The lowest BCUT2D eigenvalue weighted by atomic mass is 9.92. The molecule has 1 heterocycles. The van der Waals surface area contributed by atoms with E-state index in [9.17, 15) is 4.79 Å². The summed E-state index contributed by atoms with van der Waals surface area (Å²) in [6.07, 6.45) is -0.276. The van der Waals surface area contributed by atoms with Gasteiger partial charge in [0, 0.05) is 11.4 Å². The van der Waals surface area contributed by atoms with Crippen LogP contribution in [-0.4, -0.2) is 37.7 Å². The summed E-state index contributed by atoms with van der Waals surface area (Å²) in [5.74, 6) is 0.684. The predicted octanol–water partition coefficient (Wildman–Crippen LogP) is 6.74. The molecule has 2 unspecified atom stereocenters. The summed E-state index contributed by atoms with van der Waals surface area (Å²) in [4.78, 5) is 17.1. The molecule has 4 aromatic rings. The third-order valence-corrected chi connectivity index (χ3v) is 14.4. The van der Waals surface area contributed by atoms with Crippen LogP contribution < -0.4 is 15.1 Å². The molecule has 3 atom stereocenters. The van der Waals surface area contributed by atoms with Gasteiger partial charge in [0.25, 0.3) is 8.32 Å². The third kappa shape index (κ3) is 5.87. The Morgan fingerprint density at radius 3 is 1.80 bits per heavy atom. The van der Waals surface area contributed by atoms with Gasteiger partial charge in [-0.1, -0.05) is 112 Å². The van der Waals surface area contributed by atoms with E-state index in [1.54, 1.807) is 18.9 Å². The highest BCUT2D eigenvalue weighted by Gasteiger charge is 2.56. The molecule has 0 radical (unpaired) electrons. The van der Waals surface area contributed by atoms with Crippen molar-refractivity contribution in [3.05, 3.63) is 121 Å². The van der Waals surface area contributed by atoms with Crippen LogP contribution in [0.4, 0.5) is 0 Å². The Morgan fingerprint density at radius 2 is 1.32 bits per heavy atom. The number of benzene rings is 4. The zero-order chi connectivity index (χ0) is 29.0. The van der Waals surface area contributed by atoms with Crippen LogP contribution in [0.25, 0.3) is 0 Å². The number of amides is 1. The minimum Gasteiger partial charge on any atom is -0.497 e. The summed E-state index contributed by atoms with van der Waals surface area (Å²) in [5.41, 5.74) is 1.08. The number of rotatable bonds is 10. The lowest BCUT2D eigenvalue weighted by Gasteiger charge is -2.52. The molecule has 0 saturated carbocycles. The van der Waals surface area contributed by atoms with E-state index >= 15 is 0 Å². The zero-order valence-corrected chi connectivity index (χ0v) is 26.3. The molecule has 0 N–H and O–H groups in total. The summed E-state index contributed by atoms with van der Waals surface area (Å²) < 4.78 is 12.7. The first-order valence-corrected chi connectivity index (χ1v) is 17.0. The predicted molar refractivity (Wildman–Crippen MR) is 171 cm³/mol. The van der Waals surface area contributed by atoms with Crippen LogP contribution in [-0.2, 0) is 15.8 Å². The summed E-state index contributed by atoms with van der Waals surface area (Å²) in [6.45, 7) is 9.49. The Hall–Kier alpha value is -3.32. The maximum atomic E-state index is 14.0. The molecule has 41 heavy (non-hydrogen) atoms. The summed E-state index contributed by atoms with van der Waals surface area (Å²) in [6, 6.07) is 39.6. The van der Waals surface area contributed by atoms with E-state index in [1.165, 1.54) is 10.4 Å². The molecule has 1 aliphatic rings. The summed E-state index contributed by atoms with van der Waals surface area (Å²) in [7, 11) is -1.14. The van der Waals surface area contributed by atoms with Crippen molar-refractivity contribution in [2.45, 2.75) is 55.7 Å². The first kappa shape index (κ1) is 29.2. The van der Waals surface area contributed by atoms with Gasteiger partial charge in [-0.2, -0.15) is 0 Å². The first-order chi connectivity index (χ1) is 19.7. The molecule has 212 valence electrons. The zero-order valence-electron chi connectivity index (χ0n) is 24.5. The number of β-lactam (4-membered cyclic amide) rings is 1. The molecule has 6 heteroatoms. The van der Waals surface area contributed by atoms with Crippen LogP contribution in [0.3, 0.4) is 0 Å². The van der Waals surface area contributed by atoms with Gasteiger partial charge in [0.1, 0.15) is 5.75 Å². The fraction of sp³-hybridized carbons (Fsp3) is 0.286. The summed E-state index contributed by atoms with van der Waals surface area (Å²) >= 11 is 1.75. The Kier molecular flexibility index (Phi) is 8.73. The monoisotopic (exact) mass is 581 g/mol. The second-order valence-electron chi connectivity index (χ2n) is 11.6. The highest BCUT2D eigenvalue weighted by Crippen LogP contribution is 2.45. The normalized spacial score (nSPS) is 18.1. The van der Waals surface area contributed by atoms with Gasteiger partial charge in [-0.3, -0.25) is 4.79 Å². The maximum absolute atomic E-state index is 14.0. The lowest BCUT2D eigenvalue weighted by Crippen LogP contribution is -2.70. The van der Waals surface area contributed by atoms with Crippen molar-refractivity contribution in [2.75, 3.05) is 7.11 Å². The topological polar surface area (TPSA) is 38.8 Å². The highest BCUT2D eigenvalue weighted by atomic mass is 32.2. The average Bonchev–Trinajstić information content (AvgIpc) is 2.99. The van der Waals surface area contributed by atoms with Crippen molar-refractivity contribution in [2.24, 2.45) is 5.92 Å². The van der Waals surface area contributed by atoms with Crippen LogP contribution >= 0.6 is 11.8 Å². The van der Waals surface area contributed by atoms with Gasteiger partial charge >= 0.3 is 0 Å². The van der Waals surface area contributed by atoms with Gasteiger partial charge in [-0.05, 0) is 52.2 Å². The molecule has 1 saturated heterocycles. The first-order valence-electron chi connectivity index (χ1n) is 14.2. The van der Waals surface area contributed by atoms with E-state index in [0.717, 1.165) is 16.2 Å². The van der Waals surface area contributed by atoms with Gasteiger partial charge in [0.05, 0.1) is 24.5 Å². The lowest BCUT2D eigenvalue weighted by molar-refractivity contribution is -0.157. The van der Waals surface area contributed by atoms with Gasteiger partial charge in [-0.15, -0.1) is 11.8 Å². The Bertz CT molecular complexity index is 1390. The van der Waals surface area contributed by atoms with Crippen LogP contribution in [0.1, 0.15) is 33.3 Å². The number of ether oxygens (including phenoxy) is 1. The van der Waals surface area contributed by atoms with Crippen LogP contribution in [0.2, 0.25) is 5.04 Å². The third-order valence-electron chi connectivity index (χ3n) is 7.98. The molecule has 5 rings (SSSR count). The molecule has 1 amide bonds. The van der Waals surface area contributed by atoms with Crippen LogP contribution in [0.15, 0.2) is 120 Å². The average molecular weight is 582 g/mol. The van der Waals surface area contributed by atoms with E-state index in [-0.39, 0.29) is 28.3 Å². The van der Waals surface area contributed by atoms with E-state index in [4.69, 9.17) is 9.16 Å². The number of likely N-dealkylation sites (tertiary alicyclic amines) is 1. The number of hydrogen-bond donors (Lipinski definition) is 0. The van der Waals surface area contributed by atoms with E-state index in [0.29, 0.717) is 6.54 Å². The second-order valence-corrected chi connectivity index (χ2v) is 17.1. The standard InChI is InChI=1S/C35H39NO3SSi/c1-26(39-41(35(2,3)4,30-17-11-7-12-18-30)31-19-13-8-14-20-31)32-33(37)36(25-27-21-23-28(38-5)24-22-27)34(32)40-29-15-9-6-10-16-29/h6-24,26,32,34H,25H2,1-5H3/t26-,32?,34?/m1/s1. The summed E-state index contributed by atoms with van der Waals surface area (Å²) in [5, 5.41) is 2.24. The molecule has 4 nitrogen and oxygen atoms in total. The van der Waals surface area contributed by atoms with Gasteiger partial charge in [-0.25, -0.2) is 0 Å². The Morgan fingerprint density at radius 1 is 0.805 bits per heavy atom. The molecule has 0 spiro atoms. The van der Waals surface area contributed by atoms with Crippen molar-refractivity contribution in [1.82, 2.24) is 4.90 Å². The molecule has 4 aromatic carbocycles. The van der Waals surface area contributed by atoms with Crippen molar-refractivity contribution in [3.63, 3.8) is 0 Å². The molecule has 1 aliphatic heterocycles. The highest BCUT2D eigenvalue weighted by molar-refractivity contribution is 8.00. The van der Waals surface area contributed by atoms with Crippen molar-refractivity contribution in [3.8, 4) is 5.75 Å². The number of carbonyl (C=O) groups is 1. The number of nitrogens with zero attached hydrogens (tertiary/aromatic N) is 1. The van der Waals surface area contributed by atoms with Gasteiger partial charge in [0.15, 0.2) is 0 Å². The maximum Gasteiger partial charge on any atom is 0.261 e. The molecular formula is C35H39NO3SSi. The Labute approximate surface area is 249 Å². The van der Waals surface area contributed by atoms with Gasteiger partial charge in [0.2, 0.25) is 5.91 Å². The van der Waals surface area contributed by atoms with Crippen molar-refractivity contribution < 1.29 is 14.0 Å². The van der Waals surface area contributed by atoms with Gasteiger partial charge < -0.3 is 14.1 Å². The molecular weight excluding hydrogens is 543 g/mol. The van der Waals surface area contributed by atoms with Crippen molar-refractivity contribution >= 4 is 36.4 Å². The fourth-order valence-electron chi connectivity index (χ4n) is 5.90. The van der Waals surface area contributed by atoms with Crippen molar-refractivity contribution in [1.29, 1.82) is 0 Å². The molecule has 0 aromatic heterocycles. The number of carbonyl (C=O) groups excluding carboxylic acids is 1. The minimum atomic E-state index is -2.81. The van der Waals surface area contributed by atoms with E-state index < -0.39 is 8.32 Å². The quantitative estimate of drug-likeness (QED) is 0.154. The number of hydrogen-bond acceptors (Lipinski definition) is 4. The smallest absolute Gasteiger partial charge is 0.261 e. The van der Waals surface area contributed by atoms with Crippen LogP contribution in [0.5, 0.6) is 5.75 Å². The number of thioether (sulfide) groups is 1. The number of methoxy groups -OCH3 is 1. The fourth-order valence-corrected chi connectivity index (χ4v) is 12.0. The Balaban J connectivity index is 1.50. The second kappa shape index (κ2) is 12.3. The van der Waals surface area contributed by atoms with E-state index in [2.05, 4.69) is 100 Å². The SMILES string of the molecule is COc1ccc(CN2C(=O)C([C@@H](C)O[Si](c3ccccc3)(c3ccccc3)C(C)(C)C)C2Sc2ccccc2)cc1. The van der Waals surface area contributed by atoms with E-state index in [1.807, 2.05) is 47.4 Å². The molecule has 1 fully saturated rings. The minimum absolute atomic E-state index is 0.0415. The largest absolute Gasteiger partial charge is 0.497 e.